The van der Waals surface area contributed by atoms with Gasteiger partial charge in [0.1, 0.15) is 0 Å². The molecule has 1 unspecified atom stereocenters. The SMILES string of the molecule is CC(CCCNC(=O)N(C)Cc1ccncc1)C(=O)O. The molecule has 0 saturated heterocycles. The molecule has 20 heavy (non-hydrogen) atoms. The maximum absolute atomic E-state index is 11.8. The third-order valence-corrected chi connectivity index (χ3v) is 3.03. The molecule has 1 aromatic rings. The second-order valence-electron chi connectivity index (χ2n) is 4.82. The second-order valence-corrected chi connectivity index (χ2v) is 4.82. The van der Waals surface area contributed by atoms with Gasteiger partial charge in [0.2, 0.25) is 0 Å². The number of nitrogens with one attached hydrogen (secondary N) is 1. The Bertz CT molecular complexity index is 437. The Hall–Kier alpha value is -2.11. The number of carboxylic acid groups (broad SMARTS) is 1. The van der Waals surface area contributed by atoms with E-state index in [-0.39, 0.29) is 11.9 Å². The zero-order valence-corrected chi connectivity index (χ0v) is 11.9. The molecular formula is C14H21N3O3. The summed E-state index contributed by atoms with van der Waals surface area (Å²) in [4.78, 5) is 27.9. The molecule has 0 bridgehead atoms. The molecule has 0 fully saturated rings. The van der Waals surface area contributed by atoms with Gasteiger partial charge in [-0.25, -0.2) is 4.79 Å². The first-order chi connectivity index (χ1) is 9.50. The van der Waals surface area contributed by atoms with Gasteiger partial charge in [-0.05, 0) is 30.5 Å². The number of aliphatic carboxylic acids is 1. The summed E-state index contributed by atoms with van der Waals surface area (Å²) < 4.78 is 0. The topological polar surface area (TPSA) is 82.5 Å². The summed E-state index contributed by atoms with van der Waals surface area (Å²) in [6, 6.07) is 3.56. The predicted molar refractivity (Wildman–Crippen MR) is 75.1 cm³/mol. The van der Waals surface area contributed by atoms with Gasteiger partial charge >= 0.3 is 12.0 Å². The van der Waals surface area contributed by atoms with E-state index in [0.717, 1.165) is 5.56 Å². The fraction of sp³-hybridized carbons (Fsp3) is 0.500. The Morgan fingerprint density at radius 2 is 2.05 bits per heavy atom. The van der Waals surface area contributed by atoms with Crippen molar-refractivity contribution in [2.45, 2.75) is 26.3 Å². The molecule has 1 atom stereocenters. The number of nitrogens with zero attached hydrogens (tertiary/aromatic N) is 2. The quantitative estimate of drug-likeness (QED) is 0.745. The van der Waals surface area contributed by atoms with Crippen LogP contribution in [0.5, 0.6) is 0 Å². The zero-order valence-electron chi connectivity index (χ0n) is 11.9. The number of carboxylic acids is 1. The van der Waals surface area contributed by atoms with E-state index >= 15 is 0 Å². The molecule has 6 heteroatoms. The van der Waals surface area contributed by atoms with Crippen molar-refractivity contribution in [3.8, 4) is 0 Å². The summed E-state index contributed by atoms with van der Waals surface area (Å²) in [5, 5.41) is 11.5. The number of hydrogen-bond acceptors (Lipinski definition) is 3. The molecule has 0 aromatic carbocycles. The minimum absolute atomic E-state index is 0.162. The van der Waals surface area contributed by atoms with Gasteiger partial charge in [0.05, 0.1) is 5.92 Å². The highest BCUT2D eigenvalue weighted by molar-refractivity contribution is 5.73. The van der Waals surface area contributed by atoms with Crippen LogP contribution in [-0.4, -0.2) is 40.6 Å². The van der Waals surface area contributed by atoms with Crippen molar-refractivity contribution in [2.75, 3.05) is 13.6 Å². The first-order valence-electron chi connectivity index (χ1n) is 6.61. The highest BCUT2D eigenvalue weighted by Crippen LogP contribution is 2.05. The van der Waals surface area contributed by atoms with Crippen molar-refractivity contribution in [2.24, 2.45) is 5.92 Å². The lowest BCUT2D eigenvalue weighted by molar-refractivity contribution is -0.141. The molecule has 1 aromatic heterocycles. The molecule has 0 aliphatic carbocycles. The largest absolute Gasteiger partial charge is 0.481 e. The summed E-state index contributed by atoms with van der Waals surface area (Å²) in [5.74, 6) is -1.17. The zero-order chi connectivity index (χ0) is 15.0. The molecule has 0 spiro atoms. The molecule has 0 aliphatic rings. The number of rotatable bonds is 7. The van der Waals surface area contributed by atoms with Crippen molar-refractivity contribution in [3.05, 3.63) is 30.1 Å². The molecule has 0 saturated carbocycles. The van der Waals surface area contributed by atoms with Crippen molar-refractivity contribution in [3.63, 3.8) is 0 Å². The van der Waals surface area contributed by atoms with Crippen LogP contribution in [0.15, 0.2) is 24.5 Å². The fourth-order valence-electron chi connectivity index (χ4n) is 1.70. The van der Waals surface area contributed by atoms with E-state index in [1.165, 1.54) is 0 Å². The normalized spacial score (nSPS) is 11.7. The lowest BCUT2D eigenvalue weighted by atomic mass is 10.1. The number of pyridine rings is 1. The van der Waals surface area contributed by atoms with Crippen LogP contribution in [0, 0.1) is 5.92 Å². The van der Waals surface area contributed by atoms with Gasteiger partial charge in [-0.15, -0.1) is 0 Å². The highest BCUT2D eigenvalue weighted by Gasteiger charge is 2.11. The van der Waals surface area contributed by atoms with Gasteiger partial charge in [0.15, 0.2) is 0 Å². The van der Waals surface area contributed by atoms with Crippen LogP contribution in [0.1, 0.15) is 25.3 Å². The second kappa shape index (κ2) is 8.14. The Morgan fingerprint density at radius 3 is 2.65 bits per heavy atom. The Morgan fingerprint density at radius 1 is 1.40 bits per heavy atom. The highest BCUT2D eigenvalue weighted by atomic mass is 16.4. The molecule has 1 rings (SSSR count). The summed E-state index contributed by atoms with van der Waals surface area (Å²) >= 11 is 0. The summed E-state index contributed by atoms with van der Waals surface area (Å²) in [7, 11) is 1.72. The molecule has 0 aliphatic heterocycles. The van der Waals surface area contributed by atoms with E-state index < -0.39 is 5.97 Å². The molecule has 110 valence electrons. The van der Waals surface area contributed by atoms with E-state index in [1.54, 1.807) is 31.3 Å². The average molecular weight is 279 g/mol. The number of carbonyl (C=O) groups is 2. The smallest absolute Gasteiger partial charge is 0.317 e. The maximum Gasteiger partial charge on any atom is 0.317 e. The standard InChI is InChI=1S/C14H21N3O3/c1-11(13(18)19)4-3-7-16-14(20)17(2)10-12-5-8-15-9-6-12/h5-6,8-9,11H,3-4,7,10H2,1-2H3,(H,16,20)(H,18,19). The number of hydrogen-bond donors (Lipinski definition) is 2. The van der Waals surface area contributed by atoms with Crippen molar-refractivity contribution < 1.29 is 14.7 Å². The monoisotopic (exact) mass is 279 g/mol. The van der Waals surface area contributed by atoms with Crippen molar-refractivity contribution >= 4 is 12.0 Å². The molecule has 2 N–H and O–H groups in total. The van der Waals surface area contributed by atoms with Gasteiger partial charge in [-0.1, -0.05) is 6.92 Å². The first kappa shape index (κ1) is 15.9. The lowest BCUT2D eigenvalue weighted by Gasteiger charge is -2.18. The lowest BCUT2D eigenvalue weighted by Crippen LogP contribution is -2.37. The van der Waals surface area contributed by atoms with Crippen LogP contribution >= 0.6 is 0 Å². The molecule has 1 heterocycles. The predicted octanol–water partition coefficient (Wildman–Crippen LogP) is 1.72. The number of urea groups is 1. The molecule has 2 amide bonds. The van der Waals surface area contributed by atoms with Crippen LogP contribution < -0.4 is 5.32 Å². The summed E-state index contributed by atoms with van der Waals surface area (Å²) in [5.41, 5.74) is 1.01. The molecular weight excluding hydrogens is 258 g/mol. The average Bonchev–Trinajstić information content (AvgIpc) is 2.43. The Balaban J connectivity index is 2.24. The van der Waals surface area contributed by atoms with E-state index in [1.807, 2.05) is 12.1 Å². The van der Waals surface area contributed by atoms with E-state index in [2.05, 4.69) is 10.3 Å². The Kier molecular flexibility index (Phi) is 6.49. The minimum Gasteiger partial charge on any atom is -0.481 e. The third kappa shape index (κ3) is 5.69. The number of aromatic nitrogens is 1. The van der Waals surface area contributed by atoms with Gasteiger partial charge in [-0.3, -0.25) is 9.78 Å². The minimum atomic E-state index is -0.800. The molecule has 0 radical (unpaired) electrons. The number of amides is 2. The summed E-state index contributed by atoms with van der Waals surface area (Å²) in [6.45, 7) is 2.66. The van der Waals surface area contributed by atoms with Gasteiger partial charge < -0.3 is 15.3 Å². The first-order valence-corrected chi connectivity index (χ1v) is 6.61. The molecule has 6 nitrogen and oxygen atoms in total. The van der Waals surface area contributed by atoms with Crippen LogP contribution in [0.25, 0.3) is 0 Å². The summed E-state index contributed by atoms with van der Waals surface area (Å²) in [6.07, 6.45) is 4.59. The van der Waals surface area contributed by atoms with E-state index in [4.69, 9.17) is 5.11 Å². The van der Waals surface area contributed by atoms with E-state index in [0.29, 0.717) is 25.9 Å². The van der Waals surface area contributed by atoms with Gasteiger partial charge in [0, 0.05) is 32.5 Å². The van der Waals surface area contributed by atoms with E-state index in [9.17, 15) is 9.59 Å². The Labute approximate surface area is 118 Å². The van der Waals surface area contributed by atoms with Gasteiger partial charge in [-0.2, -0.15) is 0 Å². The maximum atomic E-state index is 11.8. The fourth-order valence-corrected chi connectivity index (χ4v) is 1.70. The van der Waals surface area contributed by atoms with Crippen LogP contribution in [0.4, 0.5) is 4.79 Å². The van der Waals surface area contributed by atoms with Gasteiger partial charge in [0.25, 0.3) is 0 Å². The van der Waals surface area contributed by atoms with Crippen LogP contribution in [-0.2, 0) is 11.3 Å². The third-order valence-electron chi connectivity index (χ3n) is 3.03. The van der Waals surface area contributed by atoms with Crippen LogP contribution in [0.3, 0.4) is 0 Å². The van der Waals surface area contributed by atoms with Crippen molar-refractivity contribution in [1.29, 1.82) is 0 Å². The number of carbonyl (C=O) groups excluding carboxylic acids is 1. The van der Waals surface area contributed by atoms with Crippen molar-refractivity contribution in [1.82, 2.24) is 15.2 Å². The van der Waals surface area contributed by atoms with Crippen LogP contribution in [0.2, 0.25) is 0 Å².